The zero-order chi connectivity index (χ0) is 29.3. The molecule has 0 saturated carbocycles. The van der Waals surface area contributed by atoms with Crippen molar-refractivity contribution in [3.05, 3.63) is 53.6 Å². The molecule has 10 nitrogen and oxygen atoms in total. The van der Waals surface area contributed by atoms with Crippen molar-refractivity contribution in [2.45, 2.75) is 30.8 Å². The Hall–Kier alpha value is -3.36. The first-order chi connectivity index (χ1) is 18.9. The third kappa shape index (κ3) is 8.57. The Morgan fingerprint density at radius 2 is 1.62 bits per heavy atom. The first-order valence-corrected chi connectivity index (χ1v) is 14.3. The molecule has 0 unspecified atom stereocenters. The van der Waals surface area contributed by atoms with Gasteiger partial charge in [0.1, 0.15) is 0 Å². The number of morpholine rings is 1. The van der Waals surface area contributed by atoms with E-state index in [1.165, 1.54) is 0 Å². The van der Waals surface area contributed by atoms with Crippen molar-refractivity contribution >= 4 is 33.3 Å². The van der Waals surface area contributed by atoms with Crippen LogP contribution in [0.15, 0.2) is 47.4 Å². The second-order valence-electron chi connectivity index (χ2n) is 9.18. The molecule has 14 heteroatoms. The van der Waals surface area contributed by atoms with Gasteiger partial charge in [0.2, 0.25) is 0 Å². The maximum Gasteiger partial charge on any atom is 0.490 e. The first-order valence-electron chi connectivity index (χ1n) is 12.8. The fraction of sp³-hybridized carbons (Fsp3) is 0.462. The van der Waals surface area contributed by atoms with Gasteiger partial charge in [-0.05, 0) is 42.3 Å². The number of aliphatic carboxylic acids is 1. The number of carbonyl (C=O) groups is 2. The number of piperazine rings is 1. The molecule has 0 bridgehead atoms. The van der Waals surface area contributed by atoms with Crippen molar-refractivity contribution in [2.24, 2.45) is 0 Å². The van der Waals surface area contributed by atoms with Gasteiger partial charge in [0.25, 0.3) is 15.9 Å². The largest absolute Gasteiger partial charge is 0.490 e. The average molecular weight is 587 g/mol. The molecule has 2 fully saturated rings. The molecule has 2 aromatic rings. The molecule has 2 aliphatic heterocycles. The van der Waals surface area contributed by atoms with Crippen molar-refractivity contribution in [2.75, 3.05) is 62.1 Å². The normalized spacial score (nSPS) is 16.1. The lowest BCUT2D eigenvalue weighted by atomic mass is 10.1. The predicted molar refractivity (Wildman–Crippen MR) is 143 cm³/mol. The molecule has 2 heterocycles. The van der Waals surface area contributed by atoms with Gasteiger partial charge in [-0.2, -0.15) is 13.2 Å². The van der Waals surface area contributed by atoms with Gasteiger partial charge in [-0.1, -0.05) is 25.5 Å². The van der Waals surface area contributed by atoms with Crippen molar-refractivity contribution in [3.63, 3.8) is 0 Å². The molecule has 0 aliphatic carbocycles. The molecular formula is C26H33F3N4O6S. The highest BCUT2D eigenvalue weighted by molar-refractivity contribution is 7.92. The lowest BCUT2D eigenvalue weighted by Gasteiger charge is -2.32. The molecule has 2 aliphatic rings. The van der Waals surface area contributed by atoms with Crippen LogP contribution in [-0.2, 0) is 26.0 Å². The first kappa shape index (κ1) is 31.2. The number of benzene rings is 2. The van der Waals surface area contributed by atoms with E-state index in [9.17, 15) is 26.4 Å². The zero-order valence-corrected chi connectivity index (χ0v) is 22.9. The number of anilines is 2. The van der Waals surface area contributed by atoms with E-state index >= 15 is 0 Å². The SMILES string of the molecule is CCCc1ccc(S(=O)(=O)Nc2cc(C(=O)N3CCOCC3)ccc2N2CCNCC2)cc1.O=C(O)C(F)(F)F. The van der Waals surface area contributed by atoms with Gasteiger partial charge in [0, 0.05) is 44.8 Å². The van der Waals surface area contributed by atoms with Crippen molar-refractivity contribution in [1.82, 2.24) is 10.2 Å². The average Bonchev–Trinajstić information content (AvgIpc) is 2.94. The third-order valence-electron chi connectivity index (χ3n) is 6.26. The minimum absolute atomic E-state index is 0.116. The van der Waals surface area contributed by atoms with Crippen LogP contribution in [-0.4, -0.2) is 89.0 Å². The summed E-state index contributed by atoms with van der Waals surface area (Å²) in [5, 5.41) is 10.4. The molecule has 220 valence electrons. The second-order valence-corrected chi connectivity index (χ2v) is 10.9. The molecule has 2 aromatic carbocycles. The Labute approximate surface area is 231 Å². The molecular weight excluding hydrogens is 553 g/mol. The number of carboxylic acids is 1. The maximum atomic E-state index is 13.2. The highest BCUT2D eigenvalue weighted by atomic mass is 32.2. The summed E-state index contributed by atoms with van der Waals surface area (Å²) < 4.78 is 66.3. The summed E-state index contributed by atoms with van der Waals surface area (Å²) in [6.07, 6.45) is -3.17. The van der Waals surface area contributed by atoms with E-state index in [0.29, 0.717) is 37.6 Å². The standard InChI is InChI=1S/C24H32N4O4S.C2HF3O2/c1-2-3-19-4-7-21(8-5-19)33(30,31)26-22-18-20(24(29)28-14-16-32-17-15-28)6-9-23(22)27-12-10-25-11-13-27;3-2(4,5)1(6)7/h4-9,18,25-26H,2-3,10-17H2,1H3;(H,6,7). The highest BCUT2D eigenvalue weighted by Gasteiger charge is 2.38. The number of nitrogens with one attached hydrogen (secondary N) is 2. The summed E-state index contributed by atoms with van der Waals surface area (Å²) in [4.78, 5) is 26.0. The number of carbonyl (C=O) groups excluding carboxylic acids is 1. The Kier molecular flexibility index (Phi) is 10.8. The number of alkyl halides is 3. The summed E-state index contributed by atoms with van der Waals surface area (Å²) >= 11 is 0. The number of halogens is 3. The van der Waals surface area contributed by atoms with Crippen LogP contribution in [0.3, 0.4) is 0 Å². The molecule has 0 spiro atoms. The van der Waals surface area contributed by atoms with Gasteiger partial charge in [0.05, 0.1) is 29.5 Å². The summed E-state index contributed by atoms with van der Waals surface area (Å²) in [5.74, 6) is -2.87. The third-order valence-corrected chi connectivity index (χ3v) is 7.64. The number of hydrogen-bond donors (Lipinski definition) is 3. The van der Waals surface area contributed by atoms with E-state index < -0.39 is 22.2 Å². The minimum Gasteiger partial charge on any atom is -0.475 e. The number of amides is 1. The summed E-state index contributed by atoms with van der Waals surface area (Å²) in [7, 11) is -3.81. The highest BCUT2D eigenvalue weighted by Crippen LogP contribution is 2.30. The van der Waals surface area contributed by atoms with Crippen LogP contribution in [0.1, 0.15) is 29.3 Å². The molecule has 3 N–H and O–H groups in total. The van der Waals surface area contributed by atoms with Gasteiger partial charge >= 0.3 is 12.1 Å². The van der Waals surface area contributed by atoms with Crippen LogP contribution in [0.4, 0.5) is 24.5 Å². The molecule has 4 rings (SSSR count). The lowest BCUT2D eigenvalue weighted by Crippen LogP contribution is -2.44. The number of hydrogen-bond acceptors (Lipinski definition) is 7. The molecule has 0 aromatic heterocycles. The zero-order valence-electron chi connectivity index (χ0n) is 22.0. The molecule has 40 heavy (non-hydrogen) atoms. The maximum absolute atomic E-state index is 13.2. The van der Waals surface area contributed by atoms with E-state index in [2.05, 4.69) is 21.9 Å². The fourth-order valence-electron chi connectivity index (χ4n) is 4.21. The molecule has 0 radical (unpaired) electrons. The van der Waals surface area contributed by atoms with Crippen molar-refractivity contribution < 1.29 is 41.0 Å². The molecule has 2 saturated heterocycles. The van der Waals surface area contributed by atoms with Gasteiger partial charge in [0.15, 0.2) is 0 Å². The monoisotopic (exact) mass is 586 g/mol. The number of sulfonamides is 1. The second kappa shape index (κ2) is 13.8. The Bertz CT molecular complexity index is 1260. The van der Waals surface area contributed by atoms with Crippen LogP contribution in [0.25, 0.3) is 0 Å². The van der Waals surface area contributed by atoms with Gasteiger partial charge in [-0.15, -0.1) is 0 Å². The Balaban J connectivity index is 0.000000559. The van der Waals surface area contributed by atoms with E-state index in [4.69, 9.17) is 14.6 Å². The Morgan fingerprint density at radius 3 is 2.17 bits per heavy atom. The molecule has 1 amide bonds. The van der Waals surface area contributed by atoms with Crippen molar-refractivity contribution in [3.8, 4) is 0 Å². The topological polar surface area (TPSA) is 128 Å². The smallest absolute Gasteiger partial charge is 0.475 e. The van der Waals surface area contributed by atoms with Crippen LogP contribution in [0, 0.1) is 0 Å². The predicted octanol–water partition coefficient (Wildman–Crippen LogP) is 2.96. The summed E-state index contributed by atoms with van der Waals surface area (Å²) in [6.45, 7) is 7.34. The Morgan fingerprint density at radius 1 is 1.02 bits per heavy atom. The summed E-state index contributed by atoms with van der Waals surface area (Å²) in [5.41, 5.74) is 2.78. The van der Waals surface area contributed by atoms with Crippen LogP contribution >= 0.6 is 0 Å². The van der Waals surface area contributed by atoms with Crippen LogP contribution in [0.5, 0.6) is 0 Å². The summed E-state index contributed by atoms with van der Waals surface area (Å²) in [6, 6.07) is 12.3. The van der Waals surface area contributed by atoms with Gasteiger partial charge in [-0.3, -0.25) is 9.52 Å². The van der Waals surface area contributed by atoms with Crippen LogP contribution in [0.2, 0.25) is 0 Å². The molecule has 0 atom stereocenters. The fourth-order valence-corrected chi connectivity index (χ4v) is 5.27. The van der Waals surface area contributed by atoms with E-state index in [1.54, 1.807) is 29.2 Å². The van der Waals surface area contributed by atoms with Gasteiger partial charge in [-0.25, -0.2) is 13.2 Å². The lowest BCUT2D eigenvalue weighted by molar-refractivity contribution is -0.192. The van der Waals surface area contributed by atoms with Gasteiger partial charge < -0.3 is 25.0 Å². The van der Waals surface area contributed by atoms with E-state index in [-0.39, 0.29) is 10.8 Å². The van der Waals surface area contributed by atoms with E-state index in [1.807, 2.05) is 18.2 Å². The number of ether oxygens (including phenoxy) is 1. The number of carboxylic acid groups (broad SMARTS) is 1. The quantitative estimate of drug-likeness (QED) is 0.452. The number of nitrogens with zero attached hydrogens (tertiary/aromatic N) is 2. The number of rotatable bonds is 7. The van der Waals surface area contributed by atoms with E-state index in [0.717, 1.165) is 50.3 Å². The minimum atomic E-state index is -5.08. The number of aryl methyl sites for hydroxylation is 1. The van der Waals surface area contributed by atoms with Crippen molar-refractivity contribution in [1.29, 1.82) is 0 Å². The van der Waals surface area contributed by atoms with Crippen LogP contribution < -0.4 is 14.9 Å².